The van der Waals surface area contributed by atoms with Crippen molar-refractivity contribution in [3.8, 4) is 0 Å². The van der Waals surface area contributed by atoms with Crippen molar-refractivity contribution in [3.63, 3.8) is 0 Å². The van der Waals surface area contributed by atoms with E-state index in [1.165, 1.54) is 12.4 Å². The monoisotopic (exact) mass is 333 g/mol. The number of hydrazine groups is 1. The molecule has 18 heavy (non-hydrogen) atoms. The van der Waals surface area contributed by atoms with Crippen molar-refractivity contribution in [1.82, 2.24) is 10.9 Å². The van der Waals surface area contributed by atoms with Crippen molar-refractivity contribution in [3.05, 3.63) is 23.5 Å². The van der Waals surface area contributed by atoms with Gasteiger partial charge in [0, 0.05) is 23.5 Å². The number of carbonyl (C=O) groups is 1. The third-order valence-electron chi connectivity index (χ3n) is 1.92. The molecule has 0 aromatic carbocycles. The molecule has 1 rings (SSSR count). The van der Waals surface area contributed by atoms with Gasteiger partial charge in [0.25, 0.3) is 0 Å². The molecule has 0 unspecified atom stereocenters. The molecule has 0 atom stereocenters. The summed E-state index contributed by atoms with van der Waals surface area (Å²) in [7, 11) is 4.26. The van der Waals surface area contributed by atoms with Gasteiger partial charge < -0.3 is 16.3 Å². The van der Waals surface area contributed by atoms with Crippen LogP contribution in [0.4, 0.5) is 0 Å². The number of ketones is 1. The Bertz CT molecular complexity index is 423. The van der Waals surface area contributed by atoms with Gasteiger partial charge in [-0.05, 0) is 19.1 Å². The summed E-state index contributed by atoms with van der Waals surface area (Å²) in [5.74, 6) is -0.246. The second-order valence-electron chi connectivity index (χ2n) is 3.05. The van der Waals surface area contributed by atoms with Crippen LogP contribution in [0.15, 0.2) is 28.5 Å². The average Bonchev–Trinajstić information content (AvgIpc) is 2.37. The summed E-state index contributed by atoms with van der Waals surface area (Å²) in [5.41, 5.74) is 11.3. The SMILES string of the molecule is CC1=NC=C(CO)/C(=C/NNC(N)=S)C1=O.[Cl][Ni]. The Morgan fingerprint density at radius 1 is 1.72 bits per heavy atom. The molecule has 0 saturated heterocycles. The summed E-state index contributed by atoms with van der Waals surface area (Å²) in [6.45, 7) is 1.34. The van der Waals surface area contributed by atoms with Gasteiger partial charge in [0.1, 0.15) is 0 Å². The predicted octanol–water partition coefficient (Wildman–Crippen LogP) is -0.185. The number of hydrogen-bond donors (Lipinski definition) is 4. The minimum absolute atomic E-state index is 0.0556. The summed E-state index contributed by atoms with van der Waals surface area (Å²) in [5, 5.41) is 9.10. The van der Waals surface area contributed by atoms with E-state index in [1.807, 2.05) is 0 Å². The number of thiocarbonyl (C=S) groups is 1. The van der Waals surface area contributed by atoms with Gasteiger partial charge in [-0.1, -0.05) is 0 Å². The molecule has 0 amide bonds. The normalized spacial score (nSPS) is 16.3. The van der Waals surface area contributed by atoms with E-state index in [0.717, 1.165) is 0 Å². The third-order valence-corrected chi connectivity index (χ3v) is 2.02. The van der Waals surface area contributed by atoms with Crippen molar-refractivity contribution in [2.24, 2.45) is 10.7 Å². The third kappa shape index (κ3) is 5.14. The van der Waals surface area contributed by atoms with Gasteiger partial charge in [-0.2, -0.15) is 0 Å². The van der Waals surface area contributed by atoms with Crippen molar-refractivity contribution in [1.29, 1.82) is 0 Å². The fraction of sp³-hybridized carbons (Fsp3) is 0.222. The van der Waals surface area contributed by atoms with Crippen LogP contribution >= 0.6 is 22.4 Å². The zero-order chi connectivity index (χ0) is 14.1. The van der Waals surface area contributed by atoms with E-state index in [2.05, 4.69) is 52.8 Å². The number of aliphatic hydroxyl groups excluding tert-OH is 1. The number of nitrogens with one attached hydrogen (secondary N) is 2. The number of hydrogen-bond acceptors (Lipinski definition) is 5. The van der Waals surface area contributed by atoms with Crippen LogP contribution < -0.4 is 16.6 Å². The van der Waals surface area contributed by atoms with Gasteiger partial charge in [0.2, 0.25) is 5.78 Å². The summed E-state index contributed by atoms with van der Waals surface area (Å²) in [6.07, 6.45) is 2.84. The second kappa shape index (κ2) is 9.05. The molecule has 1 heterocycles. The Hall–Kier alpha value is -0.946. The van der Waals surface area contributed by atoms with Gasteiger partial charge >= 0.3 is 24.8 Å². The molecule has 9 heteroatoms. The first kappa shape index (κ1) is 17.1. The first-order chi connectivity index (χ1) is 8.56. The Morgan fingerprint density at radius 2 is 2.33 bits per heavy atom. The van der Waals surface area contributed by atoms with Crippen LogP contribution in [0.2, 0.25) is 0 Å². The molecule has 0 aromatic rings. The summed E-state index contributed by atoms with van der Waals surface area (Å²) in [4.78, 5) is 15.5. The van der Waals surface area contributed by atoms with E-state index in [4.69, 9.17) is 10.8 Å². The number of rotatable bonds is 3. The number of nitrogens with zero attached hydrogens (tertiary/aromatic N) is 1. The topological polar surface area (TPSA) is 99.7 Å². The van der Waals surface area contributed by atoms with Crippen LogP contribution in [0.3, 0.4) is 0 Å². The van der Waals surface area contributed by atoms with E-state index in [0.29, 0.717) is 16.9 Å². The van der Waals surface area contributed by atoms with Crippen LogP contribution in [0.1, 0.15) is 6.92 Å². The van der Waals surface area contributed by atoms with Crippen LogP contribution in [-0.2, 0) is 19.4 Å². The Kier molecular flexibility index (Phi) is 8.57. The average molecular weight is 334 g/mol. The molecular weight excluding hydrogens is 322 g/mol. The van der Waals surface area contributed by atoms with Crippen molar-refractivity contribution >= 4 is 39.0 Å². The maximum atomic E-state index is 11.7. The summed E-state index contributed by atoms with van der Waals surface area (Å²) < 4.78 is 0. The molecule has 6 nitrogen and oxygen atoms in total. The molecule has 1 aliphatic heterocycles. The molecule has 5 N–H and O–H groups in total. The van der Waals surface area contributed by atoms with Gasteiger partial charge in [0.05, 0.1) is 12.3 Å². The van der Waals surface area contributed by atoms with Gasteiger partial charge in [-0.3, -0.25) is 15.2 Å². The molecule has 0 aromatic heterocycles. The predicted molar refractivity (Wildman–Crippen MR) is 70.3 cm³/mol. The van der Waals surface area contributed by atoms with Gasteiger partial charge in [-0.15, -0.1) is 0 Å². The summed E-state index contributed by atoms with van der Waals surface area (Å²) >= 11 is 7.92. The van der Waals surface area contributed by atoms with Crippen molar-refractivity contribution in [2.75, 3.05) is 6.61 Å². The molecule has 0 bridgehead atoms. The van der Waals surface area contributed by atoms with Crippen LogP contribution in [0.5, 0.6) is 0 Å². The van der Waals surface area contributed by atoms with Gasteiger partial charge in [-0.25, -0.2) is 0 Å². The Balaban J connectivity index is 0.00000137. The number of halogens is 1. The standard InChI is InChI=1S/C9H12N4O2S.ClH.Ni/c1-5-8(15)7(3-12-13-9(10)16)6(4-14)2-11-5;;/h2-3,12,14H,4H2,1H3,(H3,10,13,16);1H;/q;;+1/p-1/b7-3-;;. The van der Waals surface area contributed by atoms with E-state index in [1.54, 1.807) is 6.92 Å². The van der Waals surface area contributed by atoms with Gasteiger partial charge in [0.15, 0.2) is 5.11 Å². The molecule has 0 aliphatic carbocycles. The first-order valence-electron chi connectivity index (χ1n) is 4.58. The van der Waals surface area contributed by atoms with Crippen LogP contribution in [0.25, 0.3) is 0 Å². The van der Waals surface area contributed by atoms with E-state index in [9.17, 15) is 4.79 Å². The quantitative estimate of drug-likeness (QED) is 0.247. The first-order valence-corrected chi connectivity index (χ1v) is 6.35. The van der Waals surface area contributed by atoms with Crippen LogP contribution in [-0.4, -0.2) is 28.3 Å². The molecular formula is C9H12ClN4NiO2S. The zero-order valence-electron chi connectivity index (χ0n) is 9.34. The summed E-state index contributed by atoms with van der Waals surface area (Å²) in [6, 6.07) is 0. The van der Waals surface area contributed by atoms with Crippen LogP contribution in [0, 0.1) is 0 Å². The molecule has 1 aliphatic rings. The zero-order valence-corrected chi connectivity index (χ0v) is 11.9. The maximum absolute atomic E-state index is 11.7. The fourth-order valence-corrected chi connectivity index (χ4v) is 1.17. The Morgan fingerprint density at radius 3 is 2.83 bits per heavy atom. The number of Topliss-reactive ketones (excluding diaryl/α,β-unsaturated/α-hetero) is 1. The second-order valence-corrected chi connectivity index (χ2v) is 3.49. The molecule has 103 valence electrons. The molecule has 0 radical (unpaired) electrons. The fourth-order valence-electron chi connectivity index (χ4n) is 1.11. The molecule has 0 spiro atoms. The number of aliphatic hydroxyl groups is 1. The number of aliphatic imine (C=N–C) groups is 1. The molecule has 0 saturated carbocycles. The number of nitrogens with two attached hydrogens (primary N) is 1. The van der Waals surface area contributed by atoms with Crippen molar-refractivity contribution < 1.29 is 24.5 Å². The molecule has 0 fully saturated rings. The van der Waals surface area contributed by atoms with E-state index in [-0.39, 0.29) is 17.5 Å². The minimum atomic E-state index is -0.261. The van der Waals surface area contributed by atoms with Crippen molar-refractivity contribution in [2.45, 2.75) is 6.92 Å². The number of carbonyl (C=O) groups excluding carboxylic acids is 1. The van der Waals surface area contributed by atoms with E-state index < -0.39 is 0 Å². The van der Waals surface area contributed by atoms with E-state index >= 15 is 0 Å². The Labute approximate surface area is 122 Å².